The molecule has 1 rings (SSSR count). The Morgan fingerprint density at radius 2 is 2.05 bits per heavy atom. The van der Waals surface area contributed by atoms with Gasteiger partial charge < -0.3 is 20.1 Å². The first-order chi connectivity index (χ1) is 9.25. The summed E-state index contributed by atoms with van der Waals surface area (Å²) >= 11 is 0. The molecule has 0 aromatic rings. The quantitative estimate of drug-likeness (QED) is 0.829. The number of carbonyl (C=O) groups is 1. The van der Waals surface area contributed by atoms with Crippen molar-refractivity contribution >= 4 is 6.09 Å². The Labute approximate surface area is 122 Å². The SMILES string of the molecule is CCC(O)C1CC(NC(=O)OC(C)(C)C)CN(CC)C1. The zero-order valence-corrected chi connectivity index (χ0v) is 13.5. The zero-order valence-electron chi connectivity index (χ0n) is 13.5. The van der Waals surface area contributed by atoms with Gasteiger partial charge in [-0.2, -0.15) is 0 Å². The zero-order chi connectivity index (χ0) is 15.3. The topological polar surface area (TPSA) is 61.8 Å². The van der Waals surface area contributed by atoms with Crippen LogP contribution in [0.2, 0.25) is 0 Å². The van der Waals surface area contributed by atoms with Crippen molar-refractivity contribution in [2.24, 2.45) is 5.92 Å². The number of hydrogen-bond acceptors (Lipinski definition) is 4. The Balaban J connectivity index is 2.57. The summed E-state index contributed by atoms with van der Waals surface area (Å²) in [7, 11) is 0. The van der Waals surface area contributed by atoms with Gasteiger partial charge in [-0.1, -0.05) is 13.8 Å². The highest BCUT2D eigenvalue weighted by atomic mass is 16.6. The predicted molar refractivity (Wildman–Crippen MR) is 79.7 cm³/mol. The summed E-state index contributed by atoms with van der Waals surface area (Å²) in [6.07, 6.45) is 0.893. The van der Waals surface area contributed by atoms with Gasteiger partial charge in [0, 0.05) is 19.1 Å². The molecule has 1 heterocycles. The molecule has 0 aliphatic carbocycles. The summed E-state index contributed by atoms with van der Waals surface area (Å²) in [5, 5.41) is 13.0. The highest BCUT2D eigenvalue weighted by Gasteiger charge is 2.31. The lowest BCUT2D eigenvalue weighted by atomic mass is 9.88. The van der Waals surface area contributed by atoms with E-state index in [-0.39, 0.29) is 24.2 Å². The van der Waals surface area contributed by atoms with Gasteiger partial charge in [0.1, 0.15) is 5.60 Å². The van der Waals surface area contributed by atoms with Crippen molar-refractivity contribution in [1.29, 1.82) is 0 Å². The molecule has 118 valence electrons. The van der Waals surface area contributed by atoms with Crippen LogP contribution in [0.25, 0.3) is 0 Å². The molecule has 2 N–H and O–H groups in total. The Morgan fingerprint density at radius 3 is 2.55 bits per heavy atom. The van der Waals surface area contributed by atoms with E-state index in [1.54, 1.807) is 0 Å². The number of rotatable bonds is 4. The Bertz CT molecular complexity index is 315. The monoisotopic (exact) mass is 286 g/mol. The van der Waals surface area contributed by atoms with Gasteiger partial charge in [0.15, 0.2) is 0 Å². The number of nitrogens with one attached hydrogen (secondary N) is 1. The Morgan fingerprint density at radius 1 is 1.40 bits per heavy atom. The summed E-state index contributed by atoms with van der Waals surface area (Å²) in [6, 6.07) is 0.0461. The second-order valence-corrected chi connectivity index (χ2v) is 6.67. The van der Waals surface area contributed by atoms with Crippen LogP contribution in [0.4, 0.5) is 4.79 Å². The molecule has 3 atom stereocenters. The number of likely N-dealkylation sites (tertiary alicyclic amines) is 1. The molecule has 5 heteroatoms. The number of nitrogens with zero attached hydrogens (tertiary/aromatic N) is 1. The van der Waals surface area contributed by atoms with Crippen molar-refractivity contribution in [2.45, 2.75) is 65.2 Å². The molecular weight excluding hydrogens is 256 g/mol. The van der Waals surface area contributed by atoms with Crippen LogP contribution in [0.5, 0.6) is 0 Å². The Kier molecular flexibility index (Phi) is 6.27. The number of amides is 1. The Hall–Kier alpha value is -0.810. The summed E-state index contributed by atoms with van der Waals surface area (Å²) in [5.41, 5.74) is -0.481. The molecule has 1 amide bonds. The average Bonchev–Trinajstić information content (AvgIpc) is 2.34. The number of piperidine rings is 1. The maximum atomic E-state index is 11.9. The molecule has 1 aliphatic rings. The molecule has 20 heavy (non-hydrogen) atoms. The predicted octanol–water partition coefficient (Wildman–Crippen LogP) is 1.99. The maximum Gasteiger partial charge on any atom is 0.407 e. The highest BCUT2D eigenvalue weighted by Crippen LogP contribution is 2.22. The van der Waals surface area contributed by atoms with Crippen LogP contribution in [0.1, 0.15) is 47.5 Å². The number of carbonyl (C=O) groups excluding carboxylic acids is 1. The van der Waals surface area contributed by atoms with Crippen LogP contribution >= 0.6 is 0 Å². The van der Waals surface area contributed by atoms with E-state index < -0.39 is 5.60 Å². The summed E-state index contributed by atoms with van der Waals surface area (Å²) in [6.45, 7) is 12.3. The molecule has 0 aromatic carbocycles. The van der Waals surface area contributed by atoms with E-state index in [9.17, 15) is 9.90 Å². The lowest BCUT2D eigenvalue weighted by Gasteiger charge is -2.39. The van der Waals surface area contributed by atoms with Crippen molar-refractivity contribution in [1.82, 2.24) is 10.2 Å². The molecule has 0 saturated carbocycles. The third kappa shape index (κ3) is 5.67. The van der Waals surface area contributed by atoms with Gasteiger partial charge in [0.25, 0.3) is 0 Å². The molecule has 1 saturated heterocycles. The van der Waals surface area contributed by atoms with Gasteiger partial charge in [0.05, 0.1) is 6.10 Å². The van der Waals surface area contributed by atoms with Crippen molar-refractivity contribution in [3.05, 3.63) is 0 Å². The average molecular weight is 286 g/mol. The molecular formula is C15H30N2O3. The number of ether oxygens (including phenoxy) is 1. The van der Waals surface area contributed by atoms with Crippen LogP contribution < -0.4 is 5.32 Å². The number of likely N-dealkylation sites (N-methyl/N-ethyl adjacent to an activating group) is 1. The summed E-state index contributed by atoms with van der Waals surface area (Å²) < 4.78 is 5.30. The minimum atomic E-state index is -0.481. The molecule has 1 aliphatic heterocycles. The number of alkyl carbamates (subject to hydrolysis) is 1. The summed E-state index contributed by atoms with van der Waals surface area (Å²) in [4.78, 5) is 14.1. The van der Waals surface area contributed by atoms with E-state index in [0.717, 1.165) is 32.5 Å². The van der Waals surface area contributed by atoms with Crippen LogP contribution in [0.15, 0.2) is 0 Å². The van der Waals surface area contributed by atoms with Crippen molar-refractivity contribution in [3.63, 3.8) is 0 Å². The van der Waals surface area contributed by atoms with E-state index in [2.05, 4.69) is 17.1 Å². The number of aliphatic hydroxyl groups excluding tert-OH is 1. The summed E-state index contributed by atoms with van der Waals surface area (Å²) in [5.74, 6) is 0.216. The van der Waals surface area contributed by atoms with Gasteiger partial charge in [-0.25, -0.2) is 4.79 Å². The lowest BCUT2D eigenvalue weighted by molar-refractivity contribution is 0.0250. The molecule has 1 fully saturated rings. The molecule has 0 aromatic heterocycles. The fraction of sp³-hybridized carbons (Fsp3) is 0.933. The van der Waals surface area contributed by atoms with Gasteiger partial charge in [-0.15, -0.1) is 0 Å². The first-order valence-electron chi connectivity index (χ1n) is 7.65. The van der Waals surface area contributed by atoms with E-state index in [1.165, 1.54) is 0 Å². The van der Waals surface area contributed by atoms with E-state index in [1.807, 2.05) is 27.7 Å². The highest BCUT2D eigenvalue weighted by molar-refractivity contribution is 5.68. The van der Waals surface area contributed by atoms with Gasteiger partial charge in [-0.3, -0.25) is 0 Å². The van der Waals surface area contributed by atoms with E-state index in [4.69, 9.17) is 4.74 Å². The molecule has 3 unspecified atom stereocenters. The fourth-order valence-electron chi connectivity index (χ4n) is 2.68. The lowest BCUT2D eigenvalue weighted by Crippen LogP contribution is -2.53. The van der Waals surface area contributed by atoms with Crippen LogP contribution in [-0.2, 0) is 4.74 Å². The van der Waals surface area contributed by atoms with Crippen molar-refractivity contribution in [3.8, 4) is 0 Å². The van der Waals surface area contributed by atoms with E-state index in [0.29, 0.717) is 0 Å². The van der Waals surface area contributed by atoms with Crippen LogP contribution in [0, 0.1) is 5.92 Å². The van der Waals surface area contributed by atoms with Crippen molar-refractivity contribution in [2.75, 3.05) is 19.6 Å². The number of hydrogen-bond donors (Lipinski definition) is 2. The smallest absolute Gasteiger partial charge is 0.407 e. The molecule has 0 spiro atoms. The third-order valence-corrected chi connectivity index (χ3v) is 3.69. The van der Waals surface area contributed by atoms with Gasteiger partial charge in [0.2, 0.25) is 0 Å². The standard InChI is InChI=1S/C15H30N2O3/c1-6-13(18)11-8-12(10-17(7-2)9-11)16-14(19)20-15(3,4)5/h11-13,18H,6-10H2,1-5H3,(H,16,19). The number of aliphatic hydroxyl groups is 1. The molecule has 0 bridgehead atoms. The minimum absolute atomic E-state index is 0.0461. The van der Waals surface area contributed by atoms with Crippen molar-refractivity contribution < 1.29 is 14.6 Å². The molecule has 0 radical (unpaired) electrons. The second-order valence-electron chi connectivity index (χ2n) is 6.67. The van der Waals surface area contributed by atoms with Gasteiger partial charge in [-0.05, 0) is 46.1 Å². The van der Waals surface area contributed by atoms with Gasteiger partial charge >= 0.3 is 6.09 Å². The molecule has 5 nitrogen and oxygen atoms in total. The first-order valence-corrected chi connectivity index (χ1v) is 7.65. The minimum Gasteiger partial charge on any atom is -0.444 e. The maximum absolute atomic E-state index is 11.9. The third-order valence-electron chi connectivity index (χ3n) is 3.69. The second kappa shape index (κ2) is 7.27. The largest absolute Gasteiger partial charge is 0.444 e. The first kappa shape index (κ1) is 17.2. The normalized spacial score (nSPS) is 26.1. The van der Waals surface area contributed by atoms with Crippen LogP contribution in [0.3, 0.4) is 0 Å². The fourth-order valence-corrected chi connectivity index (χ4v) is 2.68. The van der Waals surface area contributed by atoms with E-state index >= 15 is 0 Å². The van der Waals surface area contributed by atoms with Crippen LogP contribution in [-0.4, -0.2) is 53.5 Å².